The molecule has 2 aromatic rings. The predicted octanol–water partition coefficient (Wildman–Crippen LogP) is 3.87. The highest BCUT2D eigenvalue weighted by molar-refractivity contribution is 9.10. The molecule has 0 heterocycles. The molecule has 0 fully saturated rings. The van der Waals surface area contributed by atoms with E-state index in [2.05, 4.69) is 15.9 Å². The summed E-state index contributed by atoms with van der Waals surface area (Å²) in [6, 6.07) is 11.3. The zero-order valence-corrected chi connectivity index (χ0v) is 10.4. The van der Waals surface area contributed by atoms with Crippen molar-refractivity contribution in [1.29, 1.82) is 0 Å². The Hall–Kier alpha value is -1.39. The standard InChI is InChI=1S/C13H10BrFO2/c14-10-5-6-12(9(7-10)8-16)17-13-4-2-1-3-11(13)15/h1-7,16H,8H2. The van der Waals surface area contributed by atoms with Crippen LogP contribution in [0.25, 0.3) is 0 Å². The van der Waals surface area contributed by atoms with Gasteiger partial charge >= 0.3 is 0 Å². The Bertz CT molecular complexity index is 529. The van der Waals surface area contributed by atoms with Crippen molar-refractivity contribution >= 4 is 15.9 Å². The van der Waals surface area contributed by atoms with E-state index in [9.17, 15) is 9.50 Å². The number of halogens is 2. The molecule has 2 aromatic carbocycles. The van der Waals surface area contributed by atoms with E-state index in [1.807, 2.05) is 0 Å². The average molecular weight is 297 g/mol. The van der Waals surface area contributed by atoms with Crippen molar-refractivity contribution in [3.05, 3.63) is 58.3 Å². The van der Waals surface area contributed by atoms with Crippen molar-refractivity contribution in [3.8, 4) is 11.5 Å². The Morgan fingerprint density at radius 2 is 1.88 bits per heavy atom. The molecule has 2 nitrogen and oxygen atoms in total. The zero-order chi connectivity index (χ0) is 12.3. The van der Waals surface area contributed by atoms with Gasteiger partial charge in [0.15, 0.2) is 11.6 Å². The van der Waals surface area contributed by atoms with E-state index in [4.69, 9.17) is 4.74 Å². The molecule has 1 N–H and O–H groups in total. The minimum Gasteiger partial charge on any atom is -0.454 e. The lowest BCUT2D eigenvalue weighted by Gasteiger charge is -2.10. The summed E-state index contributed by atoms with van der Waals surface area (Å²) in [4.78, 5) is 0. The minimum absolute atomic E-state index is 0.143. The molecule has 0 aliphatic rings. The molecule has 0 saturated heterocycles. The lowest BCUT2D eigenvalue weighted by Crippen LogP contribution is -1.93. The monoisotopic (exact) mass is 296 g/mol. The summed E-state index contributed by atoms with van der Waals surface area (Å²) >= 11 is 3.30. The maximum absolute atomic E-state index is 13.4. The van der Waals surface area contributed by atoms with Gasteiger partial charge < -0.3 is 9.84 Å². The van der Waals surface area contributed by atoms with Gasteiger partial charge in [0.2, 0.25) is 0 Å². The van der Waals surface area contributed by atoms with Crippen LogP contribution in [0.3, 0.4) is 0 Å². The first kappa shape index (κ1) is 12.1. The Kier molecular flexibility index (Phi) is 3.76. The van der Waals surface area contributed by atoms with Gasteiger partial charge in [-0.25, -0.2) is 4.39 Å². The Balaban J connectivity index is 2.33. The molecule has 0 spiro atoms. The summed E-state index contributed by atoms with van der Waals surface area (Å²) in [5, 5.41) is 9.20. The van der Waals surface area contributed by atoms with Crippen LogP contribution < -0.4 is 4.74 Å². The van der Waals surface area contributed by atoms with E-state index in [0.717, 1.165) is 4.47 Å². The normalized spacial score (nSPS) is 10.3. The molecule has 17 heavy (non-hydrogen) atoms. The third-order valence-electron chi connectivity index (χ3n) is 2.25. The first-order valence-corrected chi connectivity index (χ1v) is 5.81. The maximum atomic E-state index is 13.4. The van der Waals surface area contributed by atoms with E-state index in [1.165, 1.54) is 6.07 Å². The number of hydrogen-bond acceptors (Lipinski definition) is 2. The van der Waals surface area contributed by atoms with Gasteiger partial charge in [0.05, 0.1) is 6.61 Å². The van der Waals surface area contributed by atoms with Crippen LogP contribution in [0.2, 0.25) is 0 Å². The number of para-hydroxylation sites is 1. The van der Waals surface area contributed by atoms with Crippen LogP contribution in [0.15, 0.2) is 46.9 Å². The number of hydrogen-bond donors (Lipinski definition) is 1. The number of rotatable bonds is 3. The van der Waals surface area contributed by atoms with E-state index in [-0.39, 0.29) is 12.4 Å². The fraction of sp³-hybridized carbons (Fsp3) is 0.0769. The SMILES string of the molecule is OCc1cc(Br)ccc1Oc1ccccc1F. The van der Waals surface area contributed by atoms with Crippen molar-refractivity contribution in [2.45, 2.75) is 6.61 Å². The van der Waals surface area contributed by atoms with Crippen molar-refractivity contribution in [2.75, 3.05) is 0 Å². The summed E-state index contributed by atoms with van der Waals surface area (Å²) < 4.78 is 19.7. The van der Waals surface area contributed by atoms with E-state index in [0.29, 0.717) is 11.3 Å². The molecule has 0 aliphatic heterocycles. The van der Waals surface area contributed by atoms with Gasteiger partial charge in [-0.15, -0.1) is 0 Å². The largest absolute Gasteiger partial charge is 0.454 e. The molecule has 0 aliphatic carbocycles. The minimum atomic E-state index is -0.431. The molecule has 4 heteroatoms. The highest BCUT2D eigenvalue weighted by atomic mass is 79.9. The highest BCUT2D eigenvalue weighted by Crippen LogP contribution is 2.29. The van der Waals surface area contributed by atoms with Crippen LogP contribution >= 0.6 is 15.9 Å². The van der Waals surface area contributed by atoms with Crippen molar-refractivity contribution in [1.82, 2.24) is 0 Å². The quantitative estimate of drug-likeness (QED) is 0.931. The molecule has 0 atom stereocenters. The van der Waals surface area contributed by atoms with Crippen LogP contribution in [-0.2, 0) is 6.61 Å². The smallest absolute Gasteiger partial charge is 0.165 e. The van der Waals surface area contributed by atoms with Crippen LogP contribution in [0.1, 0.15) is 5.56 Å². The molecular weight excluding hydrogens is 287 g/mol. The number of aliphatic hydroxyl groups is 1. The number of benzene rings is 2. The predicted molar refractivity (Wildman–Crippen MR) is 66.5 cm³/mol. The zero-order valence-electron chi connectivity index (χ0n) is 8.86. The Morgan fingerprint density at radius 1 is 1.12 bits per heavy atom. The second-order valence-electron chi connectivity index (χ2n) is 3.44. The van der Waals surface area contributed by atoms with Crippen LogP contribution in [0.5, 0.6) is 11.5 Å². The van der Waals surface area contributed by atoms with E-state index >= 15 is 0 Å². The number of ether oxygens (including phenoxy) is 1. The van der Waals surface area contributed by atoms with Crippen molar-refractivity contribution in [3.63, 3.8) is 0 Å². The summed E-state index contributed by atoms with van der Waals surface area (Å²) in [6.07, 6.45) is 0. The lowest BCUT2D eigenvalue weighted by molar-refractivity contribution is 0.276. The lowest BCUT2D eigenvalue weighted by atomic mass is 10.2. The average Bonchev–Trinajstić information content (AvgIpc) is 2.34. The molecule has 0 saturated carbocycles. The molecule has 0 bridgehead atoms. The Morgan fingerprint density at radius 3 is 2.59 bits per heavy atom. The molecular formula is C13H10BrFO2. The topological polar surface area (TPSA) is 29.5 Å². The molecule has 0 aromatic heterocycles. The van der Waals surface area contributed by atoms with Gasteiger partial charge in [0, 0.05) is 10.0 Å². The summed E-state index contributed by atoms with van der Waals surface area (Å²) in [6.45, 7) is -0.163. The fourth-order valence-corrected chi connectivity index (χ4v) is 1.83. The first-order chi connectivity index (χ1) is 8.20. The van der Waals surface area contributed by atoms with Gasteiger partial charge in [0.1, 0.15) is 5.75 Å². The third kappa shape index (κ3) is 2.84. The maximum Gasteiger partial charge on any atom is 0.165 e. The van der Waals surface area contributed by atoms with E-state index in [1.54, 1.807) is 36.4 Å². The van der Waals surface area contributed by atoms with Gasteiger partial charge in [-0.1, -0.05) is 28.1 Å². The van der Waals surface area contributed by atoms with Gasteiger partial charge in [0.25, 0.3) is 0 Å². The first-order valence-electron chi connectivity index (χ1n) is 5.02. The second-order valence-corrected chi connectivity index (χ2v) is 4.36. The molecule has 88 valence electrons. The van der Waals surface area contributed by atoms with Crippen LogP contribution in [0.4, 0.5) is 4.39 Å². The molecule has 0 amide bonds. The van der Waals surface area contributed by atoms with Gasteiger partial charge in [-0.05, 0) is 30.3 Å². The van der Waals surface area contributed by atoms with Crippen molar-refractivity contribution < 1.29 is 14.2 Å². The van der Waals surface area contributed by atoms with E-state index < -0.39 is 5.82 Å². The third-order valence-corrected chi connectivity index (χ3v) is 2.74. The second kappa shape index (κ2) is 5.29. The van der Waals surface area contributed by atoms with Crippen molar-refractivity contribution in [2.24, 2.45) is 0 Å². The van der Waals surface area contributed by atoms with Crippen LogP contribution in [-0.4, -0.2) is 5.11 Å². The molecule has 0 radical (unpaired) electrons. The number of aliphatic hydroxyl groups excluding tert-OH is 1. The summed E-state index contributed by atoms with van der Waals surface area (Å²) in [7, 11) is 0. The summed E-state index contributed by atoms with van der Waals surface area (Å²) in [5.41, 5.74) is 0.600. The van der Waals surface area contributed by atoms with Gasteiger partial charge in [-0.3, -0.25) is 0 Å². The summed E-state index contributed by atoms with van der Waals surface area (Å²) in [5.74, 6) is 0.157. The molecule has 2 rings (SSSR count). The molecule has 0 unspecified atom stereocenters. The fourth-order valence-electron chi connectivity index (χ4n) is 1.42. The highest BCUT2D eigenvalue weighted by Gasteiger charge is 2.07. The van der Waals surface area contributed by atoms with Gasteiger partial charge in [-0.2, -0.15) is 0 Å². The Labute approximate surface area is 107 Å². The van der Waals surface area contributed by atoms with Crippen LogP contribution in [0, 0.1) is 5.82 Å².